The molecule has 0 aliphatic rings. The molecule has 0 bridgehead atoms. The van der Waals surface area contributed by atoms with Crippen LogP contribution in [-0.2, 0) is 4.74 Å². The zero-order valence-electron chi connectivity index (χ0n) is 12.2. The lowest BCUT2D eigenvalue weighted by atomic mass is 10.1. The Morgan fingerprint density at radius 2 is 1.70 bits per heavy atom. The first kappa shape index (κ1) is 16.4. The number of benzene rings is 2. The molecule has 2 aromatic rings. The van der Waals surface area contributed by atoms with E-state index in [-0.39, 0.29) is 11.7 Å². The van der Waals surface area contributed by atoms with Crippen LogP contribution in [0.15, 0.2) is 65.8 Å². The van der Waals surface area contributed by atoms with Gasteiger partial charge in [-0.1, -0.05) is 48.5 Å². The van der Waals surface area contributed by atoms with Crippen LogP contribution in [0.3, 0.4) is 0 Å². The number of para-hydroxylation sites is 1. The van der Waals surface area contributed by atoms with Crippen molar-refractivity contribution in [3.63, 3.8) is 0 Å². The van der Waals surface area contributed by atoms with Gasteiger partial charge in [-0.05, 0) is 24.4 Å². The molecule has 23 heavy (non-hydrogen) atoms. The first-order valence-electron chi connectivity index (χ1n) is 6.81. The Kier molecular flexibility index (Phi) is 6.07. The number of hydrogen-bond acceptors (Lipinski definition) is 4. The predicted octanol–water partition coefficient (Wildman–Crippen LogP) is 2.47. The summed E-state index contributed by atoms with van der Waals surface area (Å²) in [6.45, 7) is -0.0295. The van der Waals surface area contributed by atoms with Crippen LogP contribution in [-0.4, -0.2) is 23.5 Å². The third kappa shape index (κ3) is 5.76. The summed E-state index contributed by atoms with van der Waals surface area (Å²) in [5, 5.41) is 6.73. The first-order valence-corrected chi connectivity index (χ1v) is 7.22. The van der Waals surface area contributed by atoms with Gasteiger partial charge in [0.25, 0.3) is 0 Å². The van der Waals surface area contributed by atoms with Gasteiger partial charge in [0, 0.05) is 11.3 Å². The lowest BCUT2D eigenvalue weighted by Crippen LogP contribution is -2.27. The SMILES string of the molecule is NC(=S)N/N=C(\COC(=O)Nc1ccccc1)c1ccccc1. The Labute approximate surface area is 139 Å². The molecule has 1 amide bonds. The second kappa shape index (κ2) is 8.50. The Morgan fingerprint density at radius 3 is 2.30 bits per heavy atom. The summed E-state index contributed by atoms with van der Waals surface area (Å²) < 4.78 is 5.19. The highest BCUT2D eigenvalue weighted by molar-refractivity contribution is 7.80. The smallest absolute Gasteiger partial charge is 0.412 e. The number of hydrogen-bond donors (Lipinski definition) is 3. The van der Waals surface area contributed by atoms with Crippen molar-refractivity contribution in [2.45, 2.75) is 0 Å². The van der Waals surface area contributed by atoms with Gasteiger partial charge in [-0.3, -0.25) is 10.7 Å². The van der Waals surface area contributed by atoms with E-state index in [1.165, 1.54) is 0 Å². The van der Waals surface area contributed by atoms with Crippen molar-refractivity contribution in [3.8, 4) is 0 Å². The molecule has 0 aliphatic heterocycles. The van der Waals surface area contributed by atoms with Crippen molar-refractivity contribution in [3.05, 3.63) is 66.2 Å². The van der Waals surface area contributed by atoms with E-state index in [1.807, 2.05) is 48.5 Å². The van der Waals surface area contributed by atoms with Crippen LogP contribution in [0.2, 0.25) is 0 Å². The van der Waals surface area contributed by atoms with Gasteiger partial charge >= 0.3 is 6.09 Å². The Hall–Kier alpha value is -2.93. The lowest BCUT2D eigenvalue weighted by molar-refractivity contribution is 0.177. The van der Waals surface area contributed by atoms with E-state index in [1.54, 1.807) is 12.1 Å². The highest BCUT2D eigenvalue weighted by Crippen LogP contribution is 2.06. The fraction of sp³-hybridized carbons (Fsp3) is 0.0625. The number of rotatable bonds is 5. The largest absolute Gasteiger partial charge is 0.443 e. The van der Waals surface area contributed by atoms with Gasteiger partial charge in [-0.25, -0.2) is 4.79 Å². The van der Waals surface area contributed by atoms with Crippen molar-refractivity contribution >= 4 is 34.8 Å². The summed E-state index contributed by atoms with van der Waals surface area (Å²) in [4.78, 5) is 11.8. The first-order chi connectivity index (χ1) is 11.1. The van der Waals surface area contributed by atoms with Gasteiger partial charge in [0.05, 0.1) is 0 Å². The lowest BCUT2D eigenvalue weighted by Gasteiger charge is -2.10. The summed E-state index contributed by atoms with van der Waals surface area (Å²) in [6, 6.07) is 18.3. The molecule has 0 saturated carbocycles. The maximum absolute atomic E-state index is 11.8. The molecule has 2 aromatic carbocycles. The number of hydrazone groups is 1. The molecule has 0 atom stereocenters. The molecule has 0 radical (unpaired) electrons. The van der Waals surface area contributed by atoms with Gasteiger partial charge in [-0.15, -0.1) is 0 Å². The highest BCUT2D eigenvalue weighted by Gasteiger charge is 2.09. The average molecular weight is 328 g/mol. The molecule has 0 heterocycles. The van der Waals surface area contributed by atoms with Gasteiger partial charge < -0.3 is 10.5 Å². The average Bonchev–Trinajstić information content (AvgIpc) is 2.56. The fourth-order valence-electron chi connectivity index (χ4n) is 1.74. The van der Waals surface area contributed by atoms with Crippen LogP contribution in [0.25, 0.3) is 0 Å². The minimum atomic E-state index is -0.574. The predicted molar refractivity (Wildman–Crippen MR) is 94.3 cm³/mol. The van der Waals surface area contributed by atoms with Crippen LogP contribution >= 0.6 is 12.2 Å². The van der Waals surface area contributed by atoms with Crippen molar-refractivity contribution < 1.29 is 9.53 Å². The molecule has 7 heteroatoms. The van der Waals surface area contributed by atoms with Crippen LogP contribution in [0.4, 0.5) is 10.5 Å². The van der Waals surface area contributed by atoms with Gasteiger partial charge in [-0.2, -0.15) is 5.10 Å². The summed E-state index contributed by atoms with van der Waals surface area (Å²) >= 11 is 4.73. The van der Waals surface area contributed by atoms with E-state index >= 15 is 0 Å². The third-order valence-corrected chi connectivity index (χ3v) is 2.86. The molecule has 2 rings (SSSR count). The minimum absolute atomic E-state index is 0.0295. The zero-order valence-corrected chi connectivity index (χ0v) is 13.0. The molecular weight excluding hydrogens is 312 g/mol. The van der Waals surface area contributed by atoms with Crippen LogP contribution in [0.5, 0.6) is 0 Å². The highest BCUT2D eigenvalue weighted by atomic mass is 32.1. The van der Waals surface area contributed by atoms with E-state index in [0.717, 1.165) is 5.56 Å². The molecule has 118 valence electrons. The maximum Gasteiger partial charge on any atom is 0.412 e. The quantitative estimate of drug-likeness (QED) is 0.446. The summed E-state index contributed by atoms with van der Waals surface area (Å²) in [6.07, 6.45) is -0.574. The van der Waals surface area contributed by atoms with Gasteiger partial charge in [0.1, 0.15) is 12.3 Å². The van der Waals surface area contributed by atoms with E-state index in [4.69, 9.17) is 22.7 Å². The third-order valence-electron chi connectivity index (χ3n) is 2.77. The minimum Gasteiger partial charge on any atom is -0.443 e. The second-order valence-electron chi connectivity index (χ2n) is 4.47. The number of ether oxygens (including phenoxy) is 1. The number of thiocarbonyl (C=S) groups is 1. The van der Waals surface area contributed by atoms with Crippen molar-refractivity contribution in [2.75, 3.05) is 11.9 Å². The second-order valence-corrected chi connectivity index (χ2v) is 4.91. The van der Waals surface area contributed by atoms with Crippen LogP contribution < -0.4 is 16.5 Å². The van der Waals surface area contributed by atoms with E-state index in [9.17, 15) is 4.79 Å². The Balaban J connectivity index is 1.99. The van der Waals surface area contributed by atoms with Crippen molar-refractivity contribution in [1.29, 1.82) is 0 Å². The van der Waals surface area contributed by atoms with E-state index in [2.05, 4.69) is 15.8 Å². The van der Waals surface area contributed by atoms with Crippen molar-refractivity contribution in [2.24, 2.45) is 10.8 Å². The zero-order chi connectivity index (χ0) is 16.5. The van der Waals surface area contributed by atoms with E-state index in [0.29, 0.717) is 11.4 Å². The molecule has 0 unspecified atom stereocenters. The maximum atomic E-state index is 11.8. The Morgan fingerprint density at radius 1 is 1.09 bits per heavy atom. The molecule has 0 saturated heterocycles. The number of anilines is 1. The molecule has 6 nitrogen and oxygen atoms in total. The summed E-state index contributed by atoms with van der Waals surface area (Å²) in [7, 11) is 0. The Bertz CT molecular complexity index is 690. The summed E-state index contributed by atoms with van der Waals surface area (Å²) in [5.74, 6) is 0. The number of nitrogens with zero attached hydrogens (tertiary/aromatic N) is 1. The number of amides is 1. The van der Waals surface area contributed by atoms with Gasteiger partial charge in [0.15, 0.2) is 5.11 Å². The molecule has 0 fully saturated rings. The monoisotopic (exact) mass is 328 g/mol. The van der Waals surface area contributed by atoms with Crippen LogP contribution in [0.1, 0.15) is 5.56 Å². The normalized spacial score (nSPS) is 10.7. The molecular formula is C16H16N4O2S. The molecule has 0 spiro atoms. The summed E-state index contributed by atoms with van der Waals surface area (Å²) in [5.41, 5.74) is 9.82. The molecule has 0 aliphatic carbocycles. The number of carbonyl (C=O) groups excluding carboxylic acids is 1. The number of nitrogens with two attached hydrogens (primary N) is 1. The molecule has 4 N–H and O–H groups in total. The standard InChI is InChI=1S/C16H16N4O2S/c17-15(23)20-19-14(12-7-3-1-4-8-12)11-22-16(21)18-13-9-5-2-6-10-13/h1-10H,11H2,(H,18,21)(H3,17,20,23)/b19-14+. The van der Waals surface area contributed by atoms with Gasteiger partial charge in [0.2, 0.25) is 0 Å². The number of nitrogens with one attached hydrogen (secondary N) is 2. The number of carbonyl (C=O) groups is 1. The topological polar surface area (TPSA) is 88.7 Å². The van der Waals surface area contributed by atoms with E-state index < -0.39 is 6.09 Å². The fourth-order valence-corrected chi connectivity index (χ4v) is 1.79. The van der Waals surface area contributed by atoms with Crippen molar-refractivity contribution in [1.82, 2.24) is 5.43 Å². The molecule has 0 aromatic heterocycles. The van der Waals surface area contributed by atoms with Crippen LogP contribution in [0, 0.1) is 0 Å².